The summed E-state index contributed by atoms with van der Waals surface area (Å²) < 4.78 is 25.8. The molecule has 0 amide bonds. The molecule has 1 aromatic carbocycles. The summed E-state index contributed by atoms with van der Waals surface area (Å²) in [5.41, 5.74) is 0.0818. The zero-order valence-corrected chi connectivity index (χ0v) is 8.93. The van der Waals surface area contributed by atoms with Gasteiger partial charge in [-0.3, -0.25) is 0 Å². The van der Waals surface area contributed by atoms with Gasteiger partial charge in [0.05, 0.1) is 12.6 Å². The quantitative estimate of drug-likeness (QED) is 0.602. The molecule has 0 aliphatic heterocycles. The first-order valence-corrected chi connectivity index (χ1v) is 4.88. The van der Waals surface area contributed by atoms with Gasteiger partial charge < -0.3 is 10.4 Å². The van der Waals surface area contributed by atoms with Crippen LogP contribution in [0.1, 0.15) is 18.6 Å². The molecule has 86 valence electrons. The summed E-state index contributed by atoms with van der Waals surface area (Å²) in [4.78, 5) is 0. The third-order valence-corrected chi connectivity index (χ3v) is 2.05. The highest BCUT2D eigenvalue weighted by atomic mass is 19.1. The number of halogens is 2. The maximum Gasteiger partial charge on any atom is 0.131 e. The molecule has 0 aliphatic carbocycles. The molecule has 0 saturated heterocycles. The fourth-order valence-electron chi connectivity index (χ4n) is 1.24. The van der Waals surface area contributed by atoms with Gasteiger partial charge in [-0.2, -0.15) is 0 Å². The van der Waals surface area contributed by atoms with Crippen molar-refractivity contribution in [2.45, 2.75) is 13.0 Å². The first kappa shape index (κ1) is 12.6. The minimum atomic E-state index is -1.00. The summed E-state index contributed by atoms with van der Waals surface area (Å²) in [6, 6.07) is 3.11. The molecule has 1 atom stereocenters. The van der Waals surface area contributed by atoms with Crippen molar-refractivity contribution in [1.82, 2.24) is 5.32 Å². The smallest absolute Gasteiger partial charge is 0.131 e. The van der Waals surface area contributed by atoms with Crippen LogP contribution in [0.15, 0.2) is 18.2 Å². The highest BCUT2D eigenvalue weighted by Gasteiger charge is 2.12. The van der Waals surface area contributed by atoms with Crippen LogP contribution >= 0.6 is 0 Å². The minimum absolute atomic E-state index is 0.0818. The molecule has 0 fully saturated rings. The van der Waals surface area contributed by atoms with Gasteiger partial charge in [-0.1, -0.05) is 12.0 Å². The second kappa shape index (κ2) is 6.21. The Bertz CT molecular complexity index is 409. The topological polar surface area (TPSA) is 32.3 Å². The molecule has 0 heterocycles. The fraction of sp³-hybridized carbons (Fsp3) is 0.333. The van der Waals surface area contributed by atoms with Gasteiger partial charge in [0.2, 0.25) is 0 Å². The van der Waals surface area contributed by atoms with Gasteiger partial charge in [0.15, 0.2) is 0 Å². The molecule has 4 heteroatoms. The highest BCUT2D eigenvalue weighted by molar-refractivity contribution is 5.21. The van der Waals surface area contributed by atoms with E-state index in [0.717, 1.165) is 12.1 Å². The van der Waals surface area contributed by atoms with Crippen LogP contribution in [0.2, 0.25) is 0 Å². The van der Waals surface area contributed by atoms with E-state index in [9.17, 15) is 13.9 Å². The lowest BCUT2D eigenvalue weighted by Gasteiger charge is -2.11. The monoisotopic (exact) mass is 225 g/mol. The SMILES string of the molecule is CC#CCNCC(O)c1ccc(F)cc1F. The molecule has 16 heavy (non-hydrogen) atoms. The van der Waals surface area contributed by atoms with Crippen LogP contribution in [0.4, 0.5) is 8.78 Å². The van der Waals surface area contributed by atoms with Crippen LogP contribution in [0.5, 0.6) is 0 Å². The number of benzene rings is 1. The van der Waals surface area contributed by atoms with Gasteiger partial charge in [-0.15, -0.1) is 5.92 Å². The number of hydrogen-bond acceptors (Lipinski definition) is 2. The largest absolute Gasteiger partial charge is 0.387 e. The number of aliphatic hydroxyl groups is 1. The van der Waals surface area contributed by atoms with Gasteiger partial charge in [0.25, 0.3) is 0 Å². The van der Waals surface area contributed by atoms with Gasteiger partial charge in [-0.05, 0) is 13.0 Å². The van der Waals surface area contributed by atoms with E-state index in [2.05, 4.69) is 17.2 Å². The molecular formula is C12H13F2NO. The summed E-state index contributed by atoms with van der Waals surface area (Å²) >= 11 is 0. The van der Waals surface area contributed by atoms with Crippen molar-refractivity contribution in [3.63, 3.8) is 0 Å². The van der Waals surface area contributed by atoms with Gasteiger partial charge in [0.1, 0.15) is 11.6 Å². The van der Waals surface area contributed by atoms with E-state index in [1.54, 1.807) is 6.92 Å². The van der Waals surface area contributed by atoms with E-state index in [1.165, 1.54) is 6.07 Å². The lowest BCUT2D eigenvalue weighted by Crippen LogP contribution is -2.22. The summed E-state index contributed by atoms with van der Waals surface area (Å²) in [5, 5.41) is 12.5. The lowest BCUT2D eigenvalue weighted by atomic mass is 10.1. The molecule has 2 N–H and O–H groups in total. The fourth-order valence-corrected chi connectivity index (χ4v) is 1.24. The molecule has 2 nitrogen and oxygen atoms in total. The molecule has 0 radical (unpaired) electrons. The normalized spacial score (nSPS) is 11.8. The molecule has 1 rings (SSSR count). The van der Waals surface area contributed by atoms with E-state index >= 15 is 0 Å². The lowest BCUT2D eigenvalue weighted by molar-refractivity contribution is 0.171. The minimum Gasteiger partial charge on any atom is -0.387 e. The third-order valence-electron chi connectivity index (χ3n) is 2.05. The first-order valence-electron chi connectivity index (χ1n) is 4.88. The van der Waals surface area contributed by atoms with Gasteiger partial charge >= 0.3 is 0 Å². The van der Waals surface area contributed by atoms with Crippen LogP contribution in [0.25, 0.3) is 0 Å². The van der Waals surface area contributed by atoms with Gasteiger partial charge in [0, 0.05) is 18.2 Å². The maximum atomic E-state index is 13.2. The van der Waals surface area contributed by atoms with Crippen molar-refractivity contribution in [1.29, 1.82) is 0 Å². The standard InChI is InChI=1S/C12H13F2NO/c1-2-3-6-15-8-12(16)10-5-4-9(13)7-11(10)14/h4-5,7,12,15-16H,6,8H2,1H3. The second-order valence-corrected chi connectivity index (χ2v) is 3.24. The van der Waals surface area contributed by atoms with Crippen molar-refractivity contribution in [2.24, 2.45) is 0 Å². The Labute approximate surface area is 93.3 Å². The van der Waals surface area contributed by atoms with Gasteiger partial charge in [-0.25, -0.2) is 8.78 Å². The Balaban J connectivity index is 2.57. The number of nitrogens with one attached hydrogen (secondary N) is 1. The van der Waals surface area contributed by atoms with Crippen molar-refractivity contribution < 1.29 is 13.9 Å². The van der Waals surface area contributed by atoms with Crippen molar-refractivity contribution in [2.75, 3.05) is 13.1 Å². The van der Waals surface area contributed by atoms with E-state index < -0.39 is 17.7 Å². The van der Waals surface area contributed by atoms with Crippen LogP contribution in [0, 0.1) is 23.5 Å². The van der Waals surface area contributed by atoms with Crippen molar-refractivity contribution in [3.05, 3.63) is 35.4 Å². The van der Waals surface area contributed by atoms with E-state index in [1.807, 2.05) is 0 Å². The van der Waals surface area contributed by atoms with E-state index in [0.29, 0.717) is 6.54 Å². The number of hydrogen-bond donors (Lipinski definition) is 2. The van der Waals surface area contributed by atoms with Crippen molar-refractivity contribution >= 4 is 0 Å². The average Bonchev–Trinajstić information content (AvgIpc) is 2.24. The molecule has 1 unspecified atom stereocenters. The van der Waals surface area contributed by atoms with Crippen molar-refractivity contribution in [3.8, 4) is 11.8 Å². The highest BCUT2D eigenvalue weighted by Crippen LogP contribution is 2.17. The molecule has 0 spiro atoms. The summed E-state index contributed by atoms with van der Waals surface area (Å²) in [6.07, 6.45) is -1.00. The predicted molar refractivity (Wildman–Crippen MR) is 57.6 cm³/mol. The summed E-state index contributed by atoms with van der Waals surface area (Å²) in [6.45, 7) is 2.31. The summed E-state index contributed by atoms with van der Waals surface area (Å²) in [5.74, 6) is 4.04. The van der Waals surface area contributed by atoms with Crippen LogP contribution < -0.4 is 5.32 Å². The molecule has 0 bridgehead atoms. The zero-order chi connectivity index (χ0) is 12.0. The average molecular weight is 225 g/mol. The van der Waals surface area contributed by atoms with Crippen LogP contribution in [-0.4, -0.2) is 18.2 Å². The Kier molecular flexibility index (Phi) is 4.90. The first-order chi connectivity index (χ1) is 7.65. The number of aliphatic hydroxyl groups excluding tert-OH is 1. The molecule has 0 aliphatic rings. The molecule has 0 saturated carbocycles. The predicted octanol–water partition coefficient (Wildman–Crippen LogP) is 1.61. The van der Waals surface area contributed by atoms with Crippen LogP contribution in [-0.2, 0) is 0 Å². The molecular weight excluding hydrogens is 212 g/mol. The Morgan fingerprint density at radius 3 is 2.81 bits per heavy atom. The molecule has 0 aromatic heterocycles. The maximum absolute atomic E-state index is 13.2. The Morgan fingerprint density at radius 2 is 2.19 bits per heavy atom. The Morgan fingerprint density at radius 1 is 1.44 bits per heavy atom. The van der Waals surface area contributed by atoms with E-state index in [-0.39, 0.29) is 12.1 Å². The second-order valence-electron chi connectivity index (χ2n) is 3.24. The molecule has 1 aromatic rings. The zero-order valence-electron chi connectivity index (χ0n) is 8.93. The Hall–Kier alpha value is -1.44. The number of rotatable bonds is 4. The van der Waals surface area contributed by atoms with Crippen LogP contribution in [0.3, 0.4) is 0 Å². The summed E-state index contributed by atoms with van der Waals surface area (Å²) in [7, 11) is 0. The third kappa shape index (κ3) is 3.61. The van der Waals surface area contributed by atoms with E-state index in [4.69, 9.17) is 0 Å².